The molecule has 0 spiro atoms. The summed E-state index contributed by atoms with van der Waals surface area (Å²) in [4.78, 5) is 41.5. The van der Waals surface area contributed by atoms with Crippen LogP contribution in [0, 0.1) is 17.8 Å². The summed E-state index contributed by atoms with van der Waals surface area (Å²) in [6.07, 6.45) is 6.52. The highest BCUT2D eigenvalue weighted by Gasteiger charge is 2.59. The second-order valence-electron chi connectivity index (χ2n) is 10.7. The van der Waals surface area contributed by atoms with Crippen molar-refractivity contribution in [1.29, 1.82) is 0 Å². The predicted octanol–water partition coefficient (Wildman–Crippen LogP) is 1.77. The van der Waals surface area contributed by atoms with Gasteiger partial charge in [0.2, 0.25) is 5.91 Å². The van der Waals surface area contributed by atoms with Crippen molar-refractivity contribution in [3.63, 3.8) is 0 Å². The number of amides is 2. The minimum Gasteiger partial charge on any atom is -0.390 e. The maximum atomic E-state index is 14.3. The number of rotatable bonds is 6. The van der Waals surface area contributed by atoms with E-state index in [-0.39, 0.29) is 41.9 Å². The Morgan fingerprint density at radius 2 is 1.95 bits per heavy atom. The molecule has 3 fully saturated rings. The third-order valence-electron chi connectivity index (χ3n) is 8.64. The van der Waals surface area contributed by atoms with E-state index in [4.69, 9.17) is 9.47 Å². The number of aliphatic hydroxyl groups excluding tert-OH is 1. The Hall–Kier alpha value is -3.60. The van der Waals surface area contributed by atoms with E-state index in [1.54, 1.807) is 23.4 Å². The fourth-order valence-electron chi connectivity index (χ4n) is 7.01. The number of hydrogen-bond acceptors (Lipinski definition) is 7. The largest absolute Gasteiger partial charge is 0.390 e. The molecule has 10 nitrogen and oxygen atoms in total. The zero-order valence-electron chi connectivity index (χ0n) is 20.6. The maximum Gasteiger partial charge on any atom is 0.273 e. The molecular formula is C28H29N5O5. The average molecular weight is 516 g/mol. The van der Waals surface area contributed by atoms with Crippen LogP contribution in [0.2, 0.25) is 0 Å². The summed E-state index contributed by atoms with van der Waals surface area (Å²) in [6.45, 7) is 0.935. The second-order valence-corrected chi connectivity index (χ2v) is 10.7. The van der Waals surface area contributed by atoms with Gasteiger partial charge in [-0.1, -0.05) is 30.3 Å². The lowest BCUT2D eigenvalue weighted by molar-refractivity contribution is -0.166. The monoisotopic (exact) mass is 515 g/mol. The van der Waals surface area contributed by atoms with Crippen LogP contribution in [0.3, 0.4) is 0 Å². The van der Waals surface area contributed by atoms with E-state index in [9.17, 15) is 14.7 Å². The van der Waals surface area contributed by atoms with Crippen molar-refractivity contribution in [2.75, 3.05) is 13.2 Å². The first kappa shape index (κ1) is 23.5. The van der Waals surface area contributed by atoms with E-state index >= 15 is 0 Å². The van der Waals surface area contributed by atoms with Crippen LogP contribution in [0.1, 0.15) is 45.7 Å². The molecule has 2 aliphatic heterocycles. The van der Waals surface area contributed by atoms with Gasteiger partial charge in [0, 0.05) is 48.2 Å². The van der Waals surface area contributed by atoms with Crippen molar-refractivity contribution in [1.82, 2.24) is 25.2 Å². The van der Waals surface area contributed by atoms with Crippen LogP contribution >= 0.6 is 0 Å². The Labute approximate surface area is 219 Å². The number of aromatic amines is 1. The van der Waals surface area contributed by atoms with Crippen LogP contribution < -0.4 is 5.32 Å². The Balaban J connectivity index is 1.31. The first-order valence-electron chi connectivity index (χ1n) is 13.1. The van der Waals surface area contributed by atoms with Crippen molar-refractivity contribution in [3.8, 4) is 0 Å². The van der Waals surface area contributed by atoms with Gasteiger partial charge in [-0.15, -0.1) is 0 Å². The summed E-state index contributed by atoms with van der Waals surface area (Å²) in [5.74, 6) is -0.396. The van der Waals surface area contributed by atoms with Gasteiger partial charge in [-0.05, 0) is 23.6 Å². The van der Waals surface area contributed by atoms with E-state index in [0.717, 1.165) is 17.5 Å². The second kappa shape index (κ2) is 9.30. The van der Waals surface area contributed by atoms with E-state index in [0.29, 0.717) is 30.9 Å². The fourth-order valence-corrected chi connectivity index (χ4v) is 7.01. The van der Waals surface area contributed by atoms with E-state index in [1.165, 1.54) is 12.5 Å². The first-order chi connectivity index (χ1) is 18.6. The Morgan fingerprint density at radius 1 is 1.08 bits per heavy atom. The van der Waals surface area contributed by atoms with Gasteiger partial charge in [-0.3, -0.25) is 14.6 Å². The number of carbonyl (C=O) groups is 2. The molecule has 3 N–H and O–H groups in total. The number of hydrogen-bond donors (Lipinski definition) is 3. The molecular weight excluding hydrogens is 486 g/mol. The van der Waals surface area contributed by atoms with Crippen LogP contribution in [0.4, 0.5) is 0 Å². The van der Waals surface area contributed by atoms with Crippen molar-refractivity contribution in [3.05, 3.63) is 83.7 Å². The SMILES string of the molecule is O=C(N[C@@H]1c2ccccc2C[C@@H]1O)C(c1cccnc1)N(C(=O)c1cnc[nH]1)C1C2CO[C@H]3OCC1C3C2. The van der Waals surface area contributed by atoms with Crippen LogP contribution in [0.15, 0.2) is 61.3 Å². The number of ether oxygens (including phenoxy) is 2. The standard InChI is InChI=1S/C28H29N5O5/c34-22-9-15-4-1-2-6-18(15)23(22)32-26(35)25(16-5-3-7-29-10-16)33(27(36)21-11-30-14-31-21)24-17-8-19-20(24)13-38-28(19)37-12-17/h1-7,10-11,14,17,19-20,22-25,28,34H,8-9,12-13H2,(H,30,31)(H,32,35)/t17?,19?,20?,22-,23+,24?,25?,28-/m0/s1. The van der Waals surface area contributed by atoms with Gasteiger partial charge in [0.05, 0.1) is 37.9 Å². The van der Waals surface area contributed by atoms with Gasteiger partial charge in [0.1, 0.15) is 11.7 Å². The van der Waals surface area contributed by atoms with Gasteiger partial charge in [-0.25, -0.2) is 4.98 Å². The minimum atomic E-state index is -0.983. The zero-order chi connectivity index (χ0) is 25.8. The number of H-pyrrole nitrogens is 1. The summed E-state index contributed by atoms with van der Waals surface area (Å²) < 4.78 is 11.9. The van der Waals surface area contributed by atoms with Gasteiger partial charge in [0.25, 0.3) is 5.91 Å². The smallest absolute Gasteiger partial charge is 0.273 e. The molecule has 10 heteroatoms. The molecule has 2 aliphatic carbocycles. The lowest BCUT2D eigenvalue weighted by Crippen LogP contribution is -2.54. The number of nitrogens with zero attached hydrogens (tertiary/aromatic N) is 3. The predicted molar refractivity (Wildman–Crippen MR) is 133 cm³/mol. The van der Waals surface area contributed by atoms with E-state index < -0.39 is 18.2 Å². The number of aliphatic hydroxyl groups is 1. The summed E-state index contributed by atoms with van der Waals surface area (Å²) in [5.41, 5.74) is 2.79. The normalized spacial score (nSPS) is 31.6. The summed E-state index contributed by atoms with van der Waals surface area (Å²) in [6, 6.07) is 9.46. The van der Waals surface area contributed by atoms with Crippen LogP contribution in [0.5, 0.6) is 0 Å². The van der Waals surface area contributed by atoms with Gasteiger partial charge < -0.3 is 29.8 Å². The molecule has 4 aliphatic rings. The highest BCUT2D eigenvalue weighted by Crippen LogP contribution is 2.51. The number of benzene rings is 1. The fraction of sp³-hybridized carbons (Fsp3) is 0.429. The van der Waals surface area contributed by atoms with Crippen molar-refractivity contribution in [2.45, 2.75) is 43.4 Å². The molecule has 4 heterocycles. The van der Waals surface area contributed by atoms with Crippen LogP contribution in [-0.4, -0.2) is 68.4 Å². The lowest BCUT2D eigenvalue weighted by atomic mass is 9.91. The lowest BCUT2D eigenvalue weighted by Gasteiger charge is -2.41. The van der Waals surface area contributed by atoms with Crippen molar-refractivity contribution < 1.29 is 24.2 Å². The highest BCUT2D eigenvalue weighted by atomic mass is 16.7. The number of carbonyl (C=O) groups excluding carboxylic acids is 2. The number of fused-ring (bicyclic) bond motifs is 2. The molecule has 2 amide bonds. The number of nitrogens with one attached hydrogen (secondary N) is 2. The third-order valence-corrected chi connectivity index (χ3v) is 8.64. The quantitative estimate of drug-likeness (QED) is 0.456. The topological polar surface area (TPSA) is 130 Å². The molecule has 2 aromatic heterocycles. The van der Waals surface area contributed by atoms with E-state index in [1.807, 2.05) is 30.3 Å². The molecule has 2 saturated heterocycles. The highest BCUT2D eigenvalue weighted by molar-refractivity contribution is 5.97. The molecule has 2 bridgehead atoms. The summed E-state index contributed by atoms with van der Waals surface area (Å²) in [5, 5.41) is 14.0. The number of pyridine rings is 1. The van der Waals surface area contributed by atoms with Crippen LogP contribution in [-0.2, 0) is 20.7 Å². The van der Waals surface area contributed by atoms with Gasteiger partial charge in [0.15, 0.2) is 6.29 Å². The molecule has 3 aromatic rings. The Morgan fingerprint density at radius 3 is 2.76 bits per heavy atom. The molecule has 1 aromatic carbocycles. The molecule has 0 radical (unpaired) electrons. The van der Waals surface area contributed by atoms with Crippen LogP contribution in [0.25, 0.3) is 0 Å². The first-order valence-corrected chi connectivity index (χ1v) is 13.1. The minimum absolute atomic E-state index is 0.0455. The third kappa shape index (κ3) is 3.74. The average Bonchev–Trinajstić information content (AvgIpc) is 3.71. The maximum absolute atomic E-state index is 14.3. The number of aromatic nitrogens is 3. The molecule has 38 heavy (non-hydrogen) atoms. The molecule has 196 valence electrons. The van der Waals surface area contributed by atoms with Gasteiger partial charge in [-0.2, -0.15) is 0 Å². The van der Waals surface area contributed by atoms with Crippen molar-refractivity contribution >= 4 is 11.8 Å². The Bertz CT molecular complexity index is 1330. The van der Waals surface area contributed by atoms with Crippen molar-refractivity contribution in [2.24, 2.45) is 17.8 Å². The van der Waals surface area contributed by atoms with Gasteiger partial charge >= 0.3 is 0 Å². The zero-order valence-corrected chi connectivity index (χ0v) is 20.6. The molecule has 7 rings (SSSR count). The number of imidazole rings is 1. The molecule has 1 saturated carbocycles. The summed E-state index contributed by atoms with van der Waals surface area (Å²) in [7, 11) is 0. The molecule has 5 unspecified atom stereocenters. The summed E-state index contributed by atoms with van der Waals surface area (Å²) >= 11 is 0. The van der Waals surface area contributed by atoms with E-state index in [2.05, 4.69) is 20.3 Å². The Kier molecular flexibility index (Phi) is 5.75. The molecule has 8 atom stereocenters.